The molecule has 0 saturated carbocycles. The number of rotatable bonds is 1. The molecule has 1 heterocycles. The van der Waals surface area contributed by atoms with Crippen molar-refractivity contribution in [3.05, 3.63) is 29.1 Å². The monoisotopic (exact) mass is 208 g/mol. The molecule has 0 aromatic heterocycles. The molecule has 0 aliphatic carbocycles. The van der Waals surface area contributed by atoms with Crippen LogP contribution in [0.4, 0.5) is 10.1 Å². The van der Waals surface area contributed by atoms with Crippen molar-refractivity contribution in [3.8, 4) is 0 Å². The molecule has 0 atom stereocenters. The first-order valence-corrected chi connectivity index (χ1v) is 5.44. The molecule has 0 radical (unpaired) electrons. The van der Waals surface area contributed by atoms with Crippen LogP contribution in [0.1, 0.15) is 29.9 Å². The van der Waals surface area contributed by atoms with Crippen molar-refractivity contribution in [3.63, 3.8) is 0 Å². The molecule has 1 aromatic rings. The predicted octanol–water partition coefficient (Wildman–Crippen LogP) is 2.18. The molecule has 1 aromatic carbocycles. The van der Waals surface area contributed by atoms with E-state index >= 15 is 0 Å². The maximum Gasteiger partial charge on any atom is 0.146 e. The van der Waals surface area contributed by atoms with E-state index in [1.807, 2.05) is 13.0 Å². The van der Waals surface area contributed by atoms with Crippen molar-refractivity contribution in [1.29, 1.82) is 0 Å². The Kier molecular flexibility index (Phi) is 2.91. The molecule has 0 spiro atoms. The number of aryl methyl sites for hydroxylation is 1. The molecule has 3 heteroatoms. The number of hydrogen-bond donors (Lipinski definition) is 2. The summed E-state index contributed by atoms with van der Waals surface area (Å²) in [6.45, 7) is 3.91. The third-order valence-corrected chi connectivity index (χ3v) is 3.17. The Morgan fingerprint density at radius 1 is 1.33 bits per heavy atom. The molecule has 0 amide bonds. The second-order valence-corrected chi connectivity index (χ2v) is 4.26. The Hall–Kier alpha value is -1.09. The van der Waals surface area contributed by atoms with Crippen LogP contribution in [0.25, 0.3) is 0 Å². The first kappa shape index (κ1) is 10.4. The molecular formula is C12H17FN2. The van der Waals surface area contributed by atoms with E-state index in [1.165, 1.54) is 0 Å². The van der Waals surface area contributed by atoms with Gasteiger partial charge in [-0.2, -0.15) is 0 Å². The number of piperidine rings is 1. The van der Waals surface area contributed by atoms with Gasteiger partial charge in [-0.05, 0) is 56.0 Å². The SMILES string of the molecule is Cc1cc(C2CCNCC2)cc(F)c1N. The van der Waals surface area contributed by atoms with E-state index in [9.17, 15) is 4.39 Å². The van der Waals surface area contributed by atoms with E-state index in [1.54, 1.807) is 6.07 Å². The molecule has 0 unspecified atom stereocenters. The highest BCUT2D eigenvalue weighted by atomic mass is 19.1. The first-order valence-electron chi connectivity index (χ1n) is 5.44. The van der Waals surface area contributed by atoms with Gasteiger partial charge in [0.2, 0.25) is 0 Å². The lowest BCUT2D eigenvalue weighted by Crippen LogP contribution is -2.26. The molecule has 1 saturated heterocycles. The van der Waals surface area contributed by atoms with Crippen molar-refractivity contribution in [1.82, 2.24) is 5.32 Å². The van der Waals surface area contributed by atoms with Crippen molar-refractivity contribution in [2.45, 2.75) is 25.7 Å². The number of nitrogens with one attached hydrogen (secondary N) is 1. The third-order valence-electron chi connectivity index (χ3n) is 3.17. The van der Waals surface area contributed by atoms with Crippen LogP contribution in [0.5, 0.6) is 0 Å². The number of anilines is 1. The second-order valence-electron chi connectivity index (χ2n) is 4.26. The predicted molar refractivity (Wildman–Crippen MR) is 60.4 cm³/mol. The topological polar surface area (TPSA) is 38.0 Å². The highest BCUT2D eigenvalue weighted by Gasteiger charge is 2.17. The standard InChI is InChI=1S/C12H17FN2/c1-8-6-10(7-11(13)12(8)14)9-2-4-15-5-3-9/h6-7,9,15H,2-5,14H2,1H3. The van der Waals surface area contributed by atoms with Gasteiger partial charge in [0.1, 0.15) is 5.82 Å². The van der Waals surface area contributed by atoms with Crippen molar-refractivity contribution in [2.24, 2.45) is 0 Å². The number of halogens is 1. The normalized spacial score (nSPS) is 18.0. The molecule has 0 bridgehead atoms. The summed E-state index contributed by atoms with van der Waals surface area (Å²) in [6, 6.07) is 3.62. The molecule has 1 aliphatic heterocycles. The summed E-state index contributed by atoms with van der Waals surface area (Å²) >= 11 is 0. The van der Waals surface area contributed by atoms with E-state index < -0.39 is 0 Å². The first-order chi connectivity index (χ1) is 7.18. The number of nitrogens with two attached hydrogens (primary N) is 1. The molecule has 1 aliphatic rings. The molecule has 2 nitrogen and oxygen atoms in total. The smallest absolute Gasteiger partial charge is 0.146 e. The third kappa shape index (κ3) is 2.12. The average molecular weight is 208 g/mol. The minimum Gasteiger partial charge on any atom is -0.396 e. The van der Waals surface area contributed by atoms with Crippen LogP contribution in [-0.2, 0) is 0 Å². The lowest BCUT2D eigenvalue weighted by molar-refractivity contribution is 0.458. The van der Waals surface area contributed by atoms with Gasteiger partial charge < -0.3 is 11.1 Å². The van der Waals surface area contributed by atoms with E-state index in [4.69, 9.17) is 5.73 Å². The van der Waals surface area contributed by atoms with E-state index in [-0.39, 0.29) is 11.5 Å². The van der Waals surface area contributed by atoms with Crippen molar-refractivity contribution >= 4 is 5.69 Å². The zero-order valence-corrected chi connectivity index (χ0v) is 9.02. The Labute approximate surface area is 89.7 Å². The summed E-state index contributed by atoms with van der Waals surface area (Å²) in [5.41, 5.74) is 7.83. The Morgan fingerprint density at radius 3 is 2.60 bits per heavy atom. The fourth-order valence-electron chi connectivity index (χ4n) is 2.17. The van der Waals surface area contributed by atoms with Crippen LogP contribution in [0, 0.1) is 12.7 Å². The van der Waals surface area contributed by atoms with Crippen LogP contribution in [0.3, 0.4) is 0 Å². The zero-order valence-electron chi connectivity index (χ0n) is 9.02. The Bertz CT molecular complexity index is 334. The fourth-order valence-corrected chi connectivity index (χ4v) is 2.17. The summed E-state index contributed by atoms with van der Waals surface area (Å²) in [4.78, 5) is 0. The quantitative estimate of drug-likeness (QED) is 0.694. The molecule has 15 heavy (non-hydrogen) atoms. The zero-order chi connectivity index (χ0) is 10.8. The minimum absolute atomic E-state index is 0.275. The van der Waals surface area contributed by atoms with Gasteiger partial charge in [0, 0.05) is 0 Å². The number of benzene rings is 1. The maximum atomic E-state index is 13.5. The van der Waals surface area contributed by atoms with Gasteiger partial charge >= 0.3 is 0 Å². The lowest BCUT2D eigenvalue weighted by Gasteiger charge is -2.23. The summed E-state index contributed by atoms with van der Waals surface area (Å²) in [7, 11) is 0. The van der Waals surface area contributed by atoms with Gasteiger partial charge in [-0.15, -0.1) is 0 Å². The molecule has 82 valence electrons. The van der Waals surface area contributed by atoms with Crippen LogP contribution in [0.15, 0.2) is 12.1 Å². The average Bonchev–Trinajstić information content (AvgIpc) is 2.26. The Balaban J connectivity index is 2.27. The van der Waals surface area contributed by atoms with Gasteiger partial charge in [0.15, 0.2) is 0 Å². The molecule has 1 fully saturated rings. The summed E-state index contributed by atoms with van der Waals surface area (Å²) in [5, 5.41) is 3.31. The summed E-state index contributed by atoms with van der Waals surface area (Å²) in [5.74, 6) is 0.212. The second kappa shape index (κ2) is 4.19. The fraction of sp³-hybridized carbons (Fsp3) is 0.500. The van der Waals surface area contributed by atoms with E-state index in [2.05, 4.69) is 5.32 Å². The van der Waals surface area contributed by atoms with Gasteiger partial charge in [-0.3, -0.25) is 0 Å². The minimum atomic E-state index is -0.275. The van der Waals surface area contributed by atoms with Crippen LogP contribution in [0.2, 0.25) is 0 Å². The molecule has 3 N–H and O–H groups in total. The lowest BCUT2D eigenvalue weighted by atomic mass is 9.89. The van der Waals surface area contributed by atoms with Crippen LogP contribution < -0.4 is 11.1 Å². The van der Waals surface area contributed by atoms with Gasteiger partial charge in [0.05, 0.1) is 5.69 Å². The van der Waals surface area contributed by atoms with Gasteiger partial charge in [-0.25, -0.2) is 4.39 Å². The van der Waals surface area contributed by atoms with Gasteiger partial charge in [0.25, 0.3) is 0 Å². The Morgan fingerprint density at radius 2 is 2.00 bits per heavy atom. The van der Waals surface area contributed by atoms with E-state index in [0.29, 0.717) is 5.92 Å². The van der Waals surface area contributed by atoms with Crippen LogP contribution in [-0.4, -0.2) is 13.1 Å². The largest absolute Gasteiger partial charge is 0.396 e. The van der Waals surface area contributed by atoms with Crippen molar-refractivity contribution < 1.29 is 4.39 Å². The molecular weight excluding hydrogens is 191 g/mol. The highest BCUT2D eigenvalue weighted by Crippen LogP contribution is 2.29. The number of nitrogen functional groups attached to an aromatic ring is 1. The van der Waals surface area contributed by atoms with Crippen molar-refractivity contribution in [2.75, 3.05) is 18.8 Å². The van der Waals surface area contributed by atoms with Gasteiger partial charge in [-0.1, -0.05) is 6.07 Å². The maximum absolute atomic E-state index is 13.5. The molecule has 2 rings (SSSR count). The number of hydrogen-bond acceptors (Lipinski definition) is 2. The van der Waals surface area contributed by atoms with E-state index in [0.717, 1.165) is 37.1 Å². The summed E-state index contributed by atoms with van der Waals surface area (Å²) < 4.78 is 13.5. The summed E-state index contributed by atoms with van der Waals surface area (Å²) in [6.07, 6.45) is 2.17. The van der Waals surface area contributed by atoms with Crippen LogP contribution >= 0.6 is 0 Å². The highest BCUT2D eigenvalue weighted by molar-refractivity contribution is 5.49.